The Labute approximate surface area is 211 Å². The molecule has 0 saturated heterocycles. The number of hydrogen-bond donors (Lipinski definition) is 2. The molecule has 0 aliphatic carbocycles. The lowest BCUT2D eigenvalue weighted by Crippen LogP contribution is -2.32. The van der Waals surface area contributed by atoms with Crippen molar-refractivity contribution in [3.63, 3.8) is 0 Å². The van der Waals surface area contributed by atoms with Gasteiger partial charge in [0.25, 0.3) is 17.7 Å². The largest absolute Gasteiger partial charge is 0.352 e. The van der Waals surface area contributed by atoms with E-state index in [4.69, 9.17) is 34.8 Å². The Bertz CT molecular complexity index is 1290. The molecule has 172 valence electrons. The van der Waals surface area contributed by atoms with Crippen molar-refractivity contribution < 1.29 is 14.4 Å². The van der Waals surface area contributed by atoms with E-state index >= 15 is 0 Å². The van der Waals surface area contributed by atoms with Crippen LogP contribution in [0.15, 0.2) is 83.5 Å². The molecule has 2 N–H and O–H groups in total. The molecule has 0 atom stereocenters. The lowest BCUT2D eigenvalue weighted by atomic mass is 10.1. The van der Waals surface area contributed by atoms with Crippen LogP contribution >= 0.6 is 34.8 Å². The van der Waals surface area contributed by atoms with E-state index in [1.165, 1.54) is 18.2 Å². The minimum Gasteiger partial charge on any atom is -0.352 e. The van der Waals surface area contributed by atoms with Crippen LogP contribution in [0.4, 0.5) is 11.4 Å². The second-order valence-corrected chi connectivity index (χ2v) is 8.65. The second kappa shape index (κ2) is 10.3. The van der Waals surface area contributed by atoms with Crippen LogP contribution in [-0.4, -0.2) is 24.3 Å². The zero-order valence-corrected chi connectivity index (χ0v) is 19.9. The molecular weight excluding hydrogens is 497 g/mol. The minimum absolute atomic E-state index is 0.0854. The first-order valence-electron chi connectivity index (χ1n) is 10.3. The molecule has 1 heterocycles. The van der Waals surface area contributed by atoms with Gasteiger partial charge in [0.05, 0.1) is 10.7 Å². The summed E-state index contributed by atoms with van der Waals surface area (Å²) < 4.78 is 0. The summed E-state index contributed by atoms with van der Waals surface area (Å²) >= 11 is 18.2. The maximum absolute atomic E-state index is 12.9. The molecule has 3 aromatic rings. The van der Waals surface area contributed by atoms with Gasteiger partial charge in [-0.15, -0.1) is 0 Å². The molecule has 0 radical (unpaired) electrons. The number of anilines is 2. The Hall–Kier alpha value is -3.32. The third kappa shape index (κ3) is 5.09. The average Bonchev–Trinajstić information content (AvgIpc) is 3.03. The average molecular weight is 515 g/mol. The summed E-state index contributed by atoms with van der Waals surface area (Å²) in [6, 6.07) is 20.8. The summed E-state index contributed by atoms with van der Waals surface area (Å²) in [7, 11) is 0. The molecule has 34 heavy (non-hydrogen) atoms. The van der Waals surface area contributed by atoms with Gasteiger partial charge >= 0.3 is 0 Å². The van der Waals surface area contributed by atoms with Crippen LogP contribution in [0, 0.1) is 0 Å². The van der Waals surface area contributed by atoms with Gasteiger partial charge in [-0.05, 0) is 54.4 Å². The summed E-state index contributed by atoms with van der Waals surface area (Å²) in [6.45, 7) is 0.505. The molecule has 0 spiro atoms. The summed E-state index contributed by atoms with van der Waals surface area (Å²) in [5, 5.41) is 5.99. The highest BCUT2D eigenvalue weighted by Gasteiger charge is 2.39. The first-order valence-corrected chi connectivity index (χ1v) is 11.4. The number of carbonyl (C=O) groups is 3. The molecule has 1 aliphatic rings. The monoisotopic (exact) mass is 513 g/mol. The molecule has 0 saturated carbocycles. The highest BCUT2D eigenvalue weighted by atomic mass is 35.5. The predicted octanol–water partition coefficient (Wildman–Crippen LogP) is 5.40. The lowest BCUT2D eigenvalue weighted by molar-refractivity contribution is -0.120. The van der Waals surface area contributed by atoms with Crippen molar-refractivity contribution in [2.75, 3.05) is 16.8 Å². The van der Waals surface area contributed by atoms with E-state index in [9.17, 15) is 14.4 Å². The van der Waals surface area contributed by atoms with Crippen molar-refractivity contribution in [1.82, 2.24) is 5.32 Å². The minimum atomic E-state index is -0.701. The Balaban J connectivity index is 1.41. The van der Waals surface area contributed by atoms with Crippen LogP contribution in [0.1, 0.15) is 15.9 Å². The number of benzene rings is 3. The van der Waals surface area contributed by atoms with E-state index in [0.717, 1.165) is 16.9 Å². The fourth-order valence-corrected chi connectivity index (χ4v) is 4.11. The Kier molecular flexibility index (Phi) is 7.22. The standard InChI is InChI=1S/C25H18Cl3N3O3/c26-17-8-11-20(19(27)14-17)31-24(33)21(28)22(25(31)34)30-18-9-6-16(7-10-18)23(32)29-13-12-15-4-2-1-3-5-15/h1-11,14,30H,12-13H2,(H,29,32). The van der Waals surface area contributed by atoms with Gasteiger partial charge in [0.15, 0.2) is 0 Å². The first kappa shape index (κ1) is 23.8. The van der Waals surface area contributed by atoms with E-state index in [-0.39, 0.29) is 27.3 Å². The smallest absolute Gasteiger partial charge is 0.283 e. The van der Waals surface area contributed by atoms with Crippen molar-refractivity contribution in [1.29, 1.82) is 0 Å². The Morgan fingerprint density at radius 1 is 0.853 bits per heavy atom. The normalized spacial score (nSPS) is 13.4. The quantitative estimate of drug-likeness (QED) is 0.414. The van der Waals surface area contributed by atoms with E-state index in [2.05, 4.69) is 10.6 Å². The van der Waals surface area contributed by atoms with E-state index in [1.54, 1.807) is 24.3 Å². The number of amides is 3. The number of nitrogens with zero attached hydrogens (tertiary/aromatic N) is 1. The van der Waals surface area contributed by atoms with Crippen LogP contribution in [0.2, 0.25) is 10.0 Å². The molecule has 4 rings (SSSR count). The number of carbonyl (C=O) groups excluding carboxylic acids is 3. The lowest BCUT2D eigenvalue weighted by Gasteiger charge is -2.16. The van der Waals surface area contributed by atoms with Gasteiger partial charge < -0.3 is 10.6 Å². The summed E-state index contributed by atoms with van der Waals surface area (Å²) in [4.78, 5) is 38.8. The van der Waals surface area contributed by atoms with Crippen LogP contribution in [0.5, 0.6) is 0 Å². The summed E-state index contributed by atoms with van der Waals surface area (Å²) in [5.74, 6) is -1.56. The van der Waals surface area contributed by atoms with Gasteiger partial charge in [-0.1, -0.05) is 65.1 Å². The van der Waals surface area contributed by atoms with E-state index in [0.29, 0.717) is 22.8 Å². The molecule has 1 aliphatic heterocycles. The molecule has 3 amide bonds. The van der Waals surface area contributed by atoms with E-state index in [1.807, 2.05) is 30.3 Å². The van der Waals surface area contributed by atoms with Gasteiger partial charge in [-0.25, -0.2) is 4.90 Å². The third-order valence-corrected chi connectivity index (χ3v) is 6.02. The van der Waals surface area contributed by atoms with Gasteiger partial charge in [0.2, 0.25) is 0 Å². The molecule has 6 nitrogen and oxygen atoms in total. The number of halogens is 3. The maximum Gasteiger partial charge on any atom is 0.283 e. The van der Waals surface area contributed by atoms with Crippen LogP contribution in [0.3, 0.4) is 0 Å². The van der Waals surface area contributed by atoms with E-state index < -0.39 is 11.8 Å². The zero-order valence-electron chi connectivity index (χ0n) is 17.6. The summed E-state index contributed by atoms with van der Waals surface area (Å²) in [6.07, 6.45) is 0.725. The molecule has 3 aromatic carbocycles. The van der Waals surface area contributed by atoms with Crippen LogP contribution in [-0.2, 0) is 16.0 Å². The number of nitrogens with one attached hydrogen (secondary N) is 2. The Morgan fingerprint density at radius 2 is 1.56 bits per heavy atom. The molecular formula is C25H18Cl3N3O3. The third-order valence-electron chi connectivity index (χ3n) is 5.14. The van der Waals surface area contributed by atoms with Crippen LogP contribution < -0.4 is 15.5 Å². The van der Waals surface area contributed by atoms with Gasteiger partial charge in [0.1, 0.15) is 10.7 Å². The number of imide groups is 1. The summed E-state index contributed by atoms with van der Waals surface area (Å²) in [5.41, 5.74) is 2.18. The van der Waals surface area contributed by atoms with Crippen molar-refractivity contribution in [3.05, 3.63) is 105 Å². The molecule has 0 aromatic heterocycles. The van der Waals surface area contributed by atoms with Gasteiger partial charge in [-0.3, -0.25) is 14.4 Å². The SMILES string of the molecule is O=C(NCCc1ccccc1)c1ccc(NC2=C(Cl)C(=O)N(c3ccc(Cl)cc3Cl)C2=O)cc1. The van der Waals surface area contributed by atoms with Crippen molar-refractivity contribution in [3.8, 4) is 0 Å². The van der Waals surface area contributed by atoms with Crippen molar-refractivity contribution >= 4 is 63.9 Å². The fourth-order valence-electron chi connectivity index (χ4n) is 3.41. The molecule has 9 heteroatoms. The number of hydrogen-bond acceptors (Lipinski definition) is 4. The maximum atomic E-state index is 12.9. The van der Waals surface area contributed by atoms with Gasteiger partial charge in [0, 0.05) is 22.8 Å². The highest BCUT2D eigenvalue weighted by molar-refractivity contribution is 6.53. The van der Waals surface area contributed by atoms with Crippen molar-refractivity contribution in [2.24, 2.45) is 0 Å². The molecule has 0 fully saturated rings. The highest BCUT2D eigenvalue weighted by Crippen LogP contribution is 2.35. The second-order valence-electron chi connectivity index (χ2n) is 7.42. The Morgan fingerprint density at radius 3 is 2.24 bits per heavy atom. The van der Waals surface area contributed by atoms with Crippen molar-refractivity contribution in [2.45, 2.75) is 6.42 Å². The first-order chi connectivity index (χ1) is 16.3. The van der Waals surface area contributed by atoms with Crippen LogP contribution in [0.25, 0.3) is 0 Å². The molecule has 0 bridgehead atoms. The predicted molar refractivity (Wildman–Crippen MR) is 134 cm³/mol. The zero-order chi connectivity index (χ0) is 24.2. The molecule has 0 unspecified atom stereocenters. The van der Waals surface area contributed by atoms with Gasteiger partial charge in [-0.2, -0.15) is 0 Å². The fraction of sp³-hybridized carbons (Fsp3) is 0.0800. The topological polar surface area (TPSA) is 78.5 Å². The number of rotatable bonds is 7.